The van der Waals surface area contributed by atoms with Crippen LogP contribution in [-0.2, 0) is 32.6 Å². The van der Waals surface area contributed by atoms with Gasteiger partial charge in [-0.2, -0.15) is 0 Å². The quantitative estimate of drug-likeness (QED) is 0.170. The zero-order valence-corrected chi connectivity index (χ0v) is 28.4. The van der Waals surface area contributed by atoms with E-state index in [0.29, 0.717) is 21.4 Å². The van der Waals surface area contributed by atoms with Gasteiger partial charge in [-0.3, -0.25) is 13.9 Å². The molecule has 0 radical (unpaired) electrons. The molecular formula is C35H37Cl2N3O5S. The number of nitrogens with zero attached hydrogens (tertiary/aromatic N) is 2. The standard InChI is InChI=1S/C35H37Cl2N3O5S/c1-24(2)38-35(42)33(21-26-9-6-5-7-10-26)39(22-30-31(36)11-8-12-32(30)37)34(41)23-40(27-15-17-28(45-4)18-16-27)46(43,44)29-19-13-25(3)14-20-29/h5-20,24,33H,21-23H2,1-4H3,(H,38,42)/t33-/m0/s1. The van der Waals surface area contributed by atoms with Crippen molar-refractivity contribution in [3.8, 4) is 5.75 Å². The van der Waals surface area contributed by atoms with Crippen molar-refractivity contribution >= 4 is 50.7 Å². The van der Waals surface area contributed by atoms with Crippen LogP contribution in [0.1, 0.15) is 30.5 Å². The Labute approximate surface area is 280 Å². The molecule has 0 spiro atoms. The molecule has 0 aliphatic heterocycles. The Morgan fingerprint density at radius 3 is 2.02 bits per heavy atom. The van der Waals surface area contributed by atoms with Crippen LogP contribution in [0.15, 0.2) is 102 Å². The van der Waals surface area contributed by atoms with Crippen LogP contribution >= 0.6 is 23.2 Å². The molecule has 0 bridgehead atoms. The Bertz CT molecular complexity index is 1730. The van der Waals surface area contributed by atoms with Gasteiger partial charge >= 0.3 is 0 Å². The van der Waals surface area contributed by atoms with Gasteiger partial charge in [0.1, 0.15) is 18.3 Å². The molecule has 0 saturated carbocycles. The van der Waals surface area contributed by atoms with Gasteiger partial charge in [-0.25, -0.2) is 8.42 Å². The van der Waals surface area contributed by atoms with Gasteiger partial charge < -0.3 is 15.0 Å². The Hall–Kier alpha value is -4.05. The number of ether oxygens (including phenoxy) is 1. The first-order valence-electron chi connectivity index (χ1n) is 14.7. The predicted octanol–water partition coefficient (Wildman–Crippen LogP) is 6.67. The third-order valence-corrected chi connectivity index (χ3v) is 9.84. The van der Waals surface area contributed by atoms with Crippen molar-refractivity contribution in [1.29, 1.82) is 0 Å². The van der Waals surface area contributed by atoms with Crippen LogP contribution in [0.3, 0.4) is 0 Å². The third-order valence-electron chi connectivity index (χ3n) is 7.34. The topological polar surface area (TPSA) is 96.0 Å². The van der Waals surface area contributed by atoms with Crippen molar-refractivity contribution in [3.05, 3.63) is 124 Å². The minimum absolute atomic E-state index is 0.0146. The number of nitrogens with one attached hydrogen (secondary N) is 1. The molecule has 11 heteroatoms. The number of hydrogen-bond acceptors (Lipinski definition) is 5. The summed E-state index contributed by atoms with van der Waals surface area (Å²) in [6.45, 7) is 4.77. The van der Waals surface area contributed by atoms with E-state index in [9.17, 15) is 18.0 Å². The molecule has 1 atom stereocenters. The Kier molecular flexibility index (Phi) is 11.7. The maximum atomic E-state index is 14.6. The van der Waals surface area contributed by atoms with E-state index in [4.69, 9.17) is 27.9 Å². The van der Waals surface area contributed by atoms with E-state index in [-0.39, 0.29) is 29.6 Å². The molecule has 0 unspecified atom stereocenters. The van der Waals surface area contributed by atoms with Crippen LogP contribution in [0.5, 0.6) is 5.75 Å². The van der Waals surface area contributed by atoms with Crippen molar-refractivity contribution in [2.24, 2.45) is 0 Å². The van der Waals surface area contributed by atoms with Gasteiger partial charge in [0.25, 0.3) is 10.0 Å². The van der Waals surface area contributed by atoms with E-state index < -0.39 is 34.4 Å². The van der Waals surface area contributed by atoms with E-state index in [0.717, 1.165) is 15.4 Å². The van der Waals surface area contributed by atoms with Gasteiger partial charge in [-0.15, -0.1) is 0 Å². The van der Waals surface area contributed by atoms with Crippen molar-refractivity contribution in [3.63, 3.8) is 0 Å². The second-order valence-corrected chi connectivity index (χ2v) is 13.8. The van der Waals surface area contributed by atoms with Gasteiger partial charge in [-0.1, -0.05) is 77.3 Å². The predicted molar refractivity (Wildman–Crippen MR) is 183 cm³/mol. The molecule has 1 N–H and O–H groups in total. The van der Waals surface area contributed by atoms with Gasteiger partial charge in [0.15, 0.2) is 0 Å². The average Bonchev–Trinajstić information content (AvgIpc) is 3.03. The van der Waals surface area contributed by atoms with Crippen LogP contribution in [0, 0.1) is 6.92 Å². The summed E-state index contributed by atoms with van der Waals surface area (Å²) < 4.78 is 34.6. The number of aryl methyl sites for hydroxylation is 1. The highest BCUT2D eigenvalue weighted by Gasteiger charge is 2.35. The molecular weight excluding hydrogens is 645 g/mol. The molecule has 0 aromatic heterocycles. The average molecular weight is 683 g/mol. The van der Waals surface area contributed by atoms with Crippen LogP contribution in [0.25, 0.3) is 0 Å². The van der Waals surface area contributed by atoms with E-state index in [2.05, 4.69) is 5.32 Å². The molecule has 0 fully saturated rings. The van der Waals surface area contributed by atoms with E-state index in [1.54, 1.807) is 54.6 Å². The minimum Gasteiger partial charge on any atom is -0.497 e. The SMILES string of the molecule is COc1ccc(N(CC(=O)N(Cc2c(Cl)cccc2Cl)[C@@H](Cc2ccccc2)C(=O)NC(C)C)S(=O)(=O)c2ccc(C)cc2)cc1. The fraction of sp³-hybridized carbons (Fsp3) is 0.257. The normalized spacial score (nSPS) is 12.0. The van der Waals surface area contributed by atoms with Gasteiger partial charge in [0, 0.05) is 34.6 Å². The maximum Gasteiger partial charge on any atom is 0.264 e. The first kappa shape index (κ1) is 34.8. The maximum absolute atomic E-state index is 14.6. The number of halogens is 2. The highest BCUT2D eigenvalue weighted by atomic mass is 35.5. The molecule has 0 aliphatic rings. The summed E-state index contributed by atoms with van der Waals surface area (Å²) in [6.07, 6.45) is 0.167. The van der Waals surface area contributed by atoms with Gasteiger partial charge in [0.05, 0.1) is 17.7 Å². The first-order chi connectivity index (χ1) is 21.9. The fourth-order valence-electron chi connectivity index (χ4n) is 4.90. The number of sulfonamides is 1. The lowest BCUT2D eigenvalue weighted by atomic mass is 10.0. The largest absolute Gasteiger partial charge is 0.497 e. The second-order valence-electron chi connectivity index (χ2n) is 11.1. The number of carbonyl (C=O) groups excluding carboxylic acids is 2. The second kappa shape index (κ2) is 15.5. The van der Waals surface area contributed by atoms with E-state index in [1.165, 1.54) is 24.1 Å². The van der Waals surface area contributed by atoms with Crippen molar-refractivity contribution in [2.75, 3.05) is 18.0 Å². The van der Waals surface area contributed by atoms with Crippen LogP contribution in [0.2, 0.25) is 10.0 Å². The zero-order valence-electron chi connectivity index (χ0n) is 26.1. The third kappa shape index (κ3) is 8.60. The van der Waals surface area contributed by atoms with Crippen molar-refractivity contribution < 1.29 is 22.7 Å². The monoisotopic (exact) mass is 681 g/mol. The molecule has 242 valence electrons. The molecule has 4 rings (SSSR count). The summed E-state index contributed by atoms with van der Waals surface area (Å²) in [5.41, 5.74) is 2.38. The van der Waals surface area contributed by atoms with Crippen molar-refractivity contribution in [2.45, 2.75) is 50.7 Å². The summed E-state index contributed by atoms with van der Waals surface area (Å²) >= 11 is 13.1. The number of rotatable bonds is 13. The van der Waals surface area contributed by atoms with E-state index in [1.807, 2.05) is 51.1 Å². The molecule has 0 aliphatic carbocycles. The molecule has 8 nitrogen and oxygen atoms in total. The highest BCUT2D eigenvalue weighted by molar-refractivity contribution is 7.92. The zero-order chi connectivity index (χ0) is 33.4. The summed E-state index contributed by atoms with van der Waals surface area (Å²) in [6, 6.07) is 25.8. The summed E-state index contributed by atoms with van der Waals surface area (Å²) in [4.78, 5) is 29.8. The van der Waals surface area contributed by atoms with Crippen LogP contribution < -0.4 is 14.4 Å². The lowest BCUT2D eigenvalue weighted by molar-refractivity contribution is -0.140. The lowest BCUT2D eigenvalue weighted by Crippen LogP contribution is -2.54. The smallest absolute Gasteiger partial charge is 0.264 e. The van der Waals surface area contributed by atoms with Crippen LogP contribution in [-0.4, -0.2) is 50.9 Å². The molecule has 0 saturated heterocycles. The summed E-state index contributed by atoms with van der Waals surface area (Å²) in [7, 11) is -2.73. The Balaban J connectivity index is 1.84. The number of hydrogen-bond donors (Lipinski definition) is 1. The fourth-order valence-corrected chi connectivity index (χ4v) is 6.83. The molecule has 46 heavy (non-hydrogen) atoms. The molecule has 0 heterocycles. The number of carbonyl (C=O) groups is 2. The lowest BCUT2D eigenvalue weighted by Gasteiger charge is -2.34. The highest BCUT2D eigenvalue weighted by Crippen LogP contribution is 2.30. The minimum atomic E-state index is -4.24. The Morgan fingerprint density at radius 2 is 1.46 bits per heavy atom. The Morgan fingerprint density at radius 1 is 0.848 bits per heavy atom. The first-order valence-corrected chi connectivity index (χ1v) is 16.9. The number of benzene rings is 4. The summed E-state index contributed by atoms with van der Waals surface area (Å²) in [5.74, 6) is -0.499. The number of anilines is 1. The molecule has 4 aromatic rings. The van der Waals surface area contributed by atoms with E-state index >= 15 is 0 Å². The molecule has 2 amide bonds. The summed E-state index contributed by atoms with van der Waals surface area (Å²) in [5, 5.41) is 3.55. The van der Waals surface area contributed by atoms with Crippen LogP contribution in [0.4, 0.5) is 5.69 Å². The number of methoxy groups -OCH3 is 1. The number of amides is 2. The van der Waals surface area contributed by atoms with Crippen molar-refractivity contribution in [1.82, 2.24) is 10.2 Å². The van der Waals surface area contributed by atoms with Gasteiger partial charge in [-0.05, 0) is 74.9 Å². The van der Waals surface area contributed by atoms with Gasteiger partial charge in [0.2, 0.25) is 11.8 Å². The molecule has 4 aromatic carbocycles.